The average molecular weight is 338 g/mol. The molecule has 0 amide bonds. The SMILES string of the molecule is CCNC(=NCC(C)SC)NCCCOC(C)c1ccccc1. The first kappa shape index (κ1) is 19.8. The zero-order valence-electron chi connectivity index (χ0n) is 14.8. The zero-order valence-corrected chi connectivity index (χ0v) is 15.7. The summed E-state index contributed by atoms with van der Waals surface area (Å²) in [6.07, 6.45) is 3.21. The Morgan fingerprint density at radius 3 is 2.61 bits per heavy atom. The van der Waals surface area contributed by atoms with Gasteiger partial charge in [-0.2, -0.15) is 11.8 Å². The number of nitrogens with one attached hydrogen (secondary N) is 2. The Morgan fingerprint density at radius 1 is 1.22 bits per heavy atom. The van der Waals surface area contributed by atoms with Crippen LogP contribution in [0.4, 0.5) is 0 Å². The molecule has 130 valence electrons. The number of benzene rings is 1. The van der Waals surface area contributed by atoms with E-state index < -0.39 is 0 Å². The van der Waals surface area contributed by atoms with Gasteiger partial charge in [0.15, 0.2) is 5.96 Å². The van der Waals surface area contributed by atoms with E-state index in [-0.39, 0.29) is 6.10 Å². The van der Waals surface area contributed by atoms with Crippen molar-refractivity contribution < 1.29 is 4.74 Å². The highest BCUT2D eigenvalue weighted by Gasteiger charge is 2.04. The third-order valence-corrected chi connectivity index (χ3v) is 4.46. The summed E-state index contributed by atoms with van der Waals surface area (Å²) in [6, 6.07) is 10.3. The van der Waals surface area contributed by atoms with Crippen molar-refractivity contribution in [1.82, 2.24) is 10.6 Å². The summed E-state index contributed by atoms with van der Waals surface area (Å²) in [5, 5.41) is 7.18. The summed E-state index contributed by atoms with van der Waals surface area (Å²) >= 11 is 1.84. The number of hydrogen-bond acceptors (Lipinski definition) is 3. The van der Waals surface area contributed by atoms with Gasteiger partial charge in [0.2, 0.25) is 0 Å². The molecule has 0 fully saturated rings. The van der Waals surface area contributed by atoms with Crippen molar-refractivity contribution in [2.24, 2.45) is 4.99 Å². The molecule has 0 spiro atoms. The molecule has 2 N–H and O–H groups in total. The molecule has 0 bridgehead atoms. The molecule has 2 unspecified atom stereocenters. The third kappa shape index (κ3) is 8.86. The van der Waals surface area contributed by atoms with Crippen molar-refractivity contribution in [3.63, 3.8) is 0 Å². The van der Waals surface area contributed by atoms with Gasteiger partial charge in [-0.25, -0.2) is 0 Å². The first-order valence-corrected chi connectivity index (χ1v) is 9.67. The summed E-state index contributed by atoms with van der Waals surface area (Å²) in [6.45, 7) is 9.68. The average Bonchev–Trinajstić information content (AvgIpc) is 2.59. The molecule has 23 heavy (non-hydrogen) atoms. The molecule has 1 aromatic carbocycles. The van der Waals surface area contributed by atoms with Gasteiger partial charge >= 0.3 is 0 Å². The van der Waals surface area contributed by atoms with Crippen LogP contribution in [0.2, 0.25) is 0 Å². The van der Waals surface area contributed by atoms with Crippen molar-refractivity contribution >= 4 is 17.7 Å². The lowest BCUT2D eigenvalue weighted by Crippen LogP contribution is -2.38. The minimum Gasteiger partial charge on any atom is -0.374 e. The molecule has 0 saturated heterocycles. The number of aliphatic imine (C=N–C) groups is 1. The molecule has 0 aliphatic heterocycles. The van der Waals surface area contributed by atoms with Crippen LogP contribution in [0.25, 0.3) is 0 Å². The number of ether oxygens (including phenoxy) is 1. The maximum atomic E-state index is 5.88. The van der Waals surface area contributed by atoms with Gasteiger partial charge in [0.1, 0.15) is 0 Å². The quantitative estimate of drug-likeness (QED) is 0.390. The van der Waals surface area contributed by atoms with Crippen molar-refractivity contribution in [3.8, 4) is 0 Å². The fourth-order valence-electron chi connectivity index (χ4n) is 2.00. The van der Waals surface area contributed by atoms with Crippen LogP contribution in [-0.4, -0.2) is 43.7 Å². The summed E-state index contributed by atoms with van der Waals surface area (Å²) in [5.74, 6) is 0.893. The third-order valence-electron chi connectivity index (χ3n) is 3.50. The predicted molar refractivity (Wildman–Crippen MR) is 102 cm³/mol. The van der Waals surface area contributed by atoms with Crippen molar-refractivity contribution in [1.29, 1.82) is 0 Å². The number of guanidine groups is 1. The largest absolute Gasteiger partial charge is 0.374 e. The second kappa shape index (κ2) is 12.3. The van der Waals surface area contributed by atoms with E-state index in [4.69, 9.17) is 4.74 Å². The standard InChI is InChI=1S/C18H31N3OS/c1-5-19-18(21-14-15(2)23-4)20-12-9-13-22-16(3)17-10-7-6-8-11-17/h6-8,10-11,15-16H,5,9,12-14H2,1-4H3,(H2,19,20,21). The number of rotatable bonds is 10. The summed E-state index contributed by atoms with van der Waals surface area (Å²) < 4.78 is 5.88. The fourth-order valence-corrected chi connectivity index (χ4v) is 2.22. The molecular weight excluding hydrogens is 306 g/mol. The first-order valence-electron chi connectivity index (χ1n) is 8.38. The minimum atomic E-state index is 0.139. The lowest BCUT2D eigenvalue weighted by molar-refractivity contribution is 0.0646. The van der Waals surface area contributed by atoms with Gasteiger partial charge < -0.3 is 15.4 Å². The number of thioether (sulfide) groups is 1. The highest BCUT2D eigenvalue weighted by molar-refractivity contribution is 7.99. The minimum absolute atomic E-state index is 0.139. The monoisotopic (exact) mass is 337 g/mol. The molecule has 4 nitrogen and oxygen atoms in total. The molecule has 1 aromatic rings. The van der Waals surface area contributed by atoms with Gasteiger partial charge in [0.25, 0.3) is 0 Å². The number of nitrogens with zero attached hydrogens (tertiary/aromatic N) is 1. The Morgan fingerprint density at radius 2 is 1.96 bits per heavy atom. The smallest absolute Gasteiger partial charge is 0.191 e. The normalized spacial score (nSPS) is 14.3. The van der Waals surface area contributed by atoms with Crippen molar-refractivity contribution in [2.75, 3.05) is 32.5 Å². The Hall–Kier alpha value is -1.20. The van der Waals surface area contributed by atoms with Crippen LogP contribution >= 0.6 is 11.8 Å². The van der Waals surface area contributed by atoms with Gasteiger partial charge in [-0.15, -0.1) is 0 Å². The highest BCUT2D eigenvalue weighted by Crippen LogP contribution is 2.15. The van der Waals surface area contributed by atoms with Gasteiger partial charge in [-0.3, -0.25) is 4.99 Å². The highest BCUT2D eigenvalue weighted by atomic mass is 32.2. The van der Waals surface area contributed by atoms with Crippen LogP contribution in [0.15, 0.2) is 35.3 Å². The van der Waals surface area contributed by atoms with Crippen LogP contribution in [0.3, 0.4) is 0 Å². The van der Waals surface area contributed by atoms with Crippen LogP contribution < -0.4 is 10.6 Å². The van der Waals surface area contributed by atoms with E-state index in [0.29, 0.717) is 5.25 Å². The van der Waals surface area contributed by atoms with Gasteiger partial charge in [-0.1, -0.05) is 37.3 Å². The fraction of sp³-hybridized carbons (Fsp3) is 0.611. The summed E-state index contributed by atoms with van der Waals surface area (Å²) in [7, 11) is 0. The van der Waals surface area contributed by atoms with Gasteiger partial charge in [-0.05, 0) is 32.1 Å². The molecule has 2 atom stereocenters. The second-order valence-electron chi connectivity index (χ2n) is 5.47. The van der Waals surface area contributed by atoms with E-state index in [1.165, 1.54) is 5.56 Å². The maximum absolute atomic E-state index is 5.88. The van der Waals surface area contributed by atoms with Gasteiger partial charge in [0, 0.05) is 24.9 Å². The summed E-state index contributed by atoms with van der Waals surface area (Å²) in [5.41, 5.74) is 1.22. The van der Waals surface area contributed by atoms with Crippen LogP contribution in [-0.2, 0) is 4.74 Å². The second-order valence-corrected chi connectivity index (χ2v) is 6.75. The maximum Gasteiger partial charge on any atom is 0.191 e. The van der Waals surface area contributed by atoms with E-state index in [1.807, 2.05) is 30.0 Å². The Balaban J connectivity index is 2.23. The van der Waals surface area contributed by atoms with E-state index >= 15 is 0 Å². The van der Waals surface area contributed by atoms with Crippen LogP contribution in [0, 0.1) is 0 Å². The lowest BCUT2D eigenvalue weighted by Gasteiger charge is -2.15. The first-order chi connectivity index (χ1) is 11.2. The van der Waals surface area contributed by atoms with Crippen molar-refractivity contribution in [3.05, 3.63) is 35.9 Å². The Labute approximate surface area is 145 Å². The number of hydrogen-bond donors (Lipinski definition) is 2. The van der Waals surface area contributed by atoms with Gasteiger partial charge in [0.05, 0.1) is 12.6 Å². The van der Waals surface area contributed by atoms with E-state index in [1.54, 1.807) is 0 Å². The lowest BCUT2D eigenvalue weighted by atomic mass is 10.1. The molecule has 0 aromatic heterocycles. The van der Waals surface area contributed by atoms with E-state index in [0.717, 1.165) is 38.6 Å². The summed E-state index contributed by atoms with van der Waals surface area (Å²) in [4.78, 5) is 4.60. The molecular formula is C18H31N3OS. The molecule has 0 aliphatic carbocycles. The molecule has 0 heterocycles. The van der Waals surface area contributed by atoms with Crippen LogP contribution in [0.1, 0.15) is 38.9 Å². The van der Waals surface area contributed by atoms with Crippen LogP contribution in [0.5, 0.6) is 0 Å². The molecule has 1 rings (SSSR count). The predicted octanol–water partition coefficient (Wildman–Crippen LogP) is 3.46. The molecule has 5 heteroatoms. The molecule has 0 radical (unpaired) electrons. The zero-order chi connectivity index (χ0) is 16.9. The van der Waals surface area contributed by atoms with E-state index in [2.05, 4.69) is 54.8 Å². The Bertz CT molecular complexity index is 439. The molecule has 0 saturated carbocycles. The van der Waals surface area contributed by atoms with Crippen molar-refractivity contribution in [2.45, 2.75) is 38.5 Å². The van der Waals surface area contributed by atoms with E-state index in [9.17, 15) is 0 Å². The Kier molecular flexibility index (Phi) is 10.6. The topological polar surface area (TPSA) is 45.7 Å². The molecule has 0 aliphatic rings.